The number of nitrogens with zero attached hydrogens (tertiary/aromatic N) is 1. The monoisotopic (exact) mass is 474 g/mol. The number of hydrogen-bond donors (Lipinski definition) is 1. The number of nitrogens with one attached hydrogen (secondary N) is 1. The molecule has 1 atom stereocenters. The van der Waals surface area contributed by atoms with E-state index in [0.29, 0.717) is 38.3 Å². The average molecular weight is 475 g/mol. The van der Waals surface area contributed by atoms with Crippen LogP contribution in [0.2, 0.25) is 10.0 Å². The lowest BCUT2D eigenvalue weighted by molar-refractivity contribution is -0.115. The Kier molecular flexibility index (Phi) is 6.23. The average Bonchev–Trinajstić information content (AvgIpc) is 3.13. The van der Waals surface area contributed by atoms with Crippen LogP contribution >= 0.6 is 35.0 Å². The highest BCUT2D eigenvalue weighted by atomic mass is 35.5. The van der Waals surface area contributed by atoms with E-state index in [4.69, 9.17) is 23.2 Å². The van der Waals surface area contributed by atoms with E-state index in [2.05, 4.69) is 5.32 Å². The van der Waals surface area contributed by atoms with Crippen molar-refractivity contribution in [2.45, 2.75) is 12.3 Å². The number of halogens is 3. The number of rotatable bonds is 4. The highest BCUT2D eigenvalue weighted by Crippen LogP contribution is 2.42. The normalized spacial score (nSPS) is 15.9. The summed E-state index contributed by atoms with van der Waals surface area (Å²) in [6.45, 7) is 1.68. The van der Waals surface area contributed by atoms with Gasteiger partial charge in [0.2, 0.25) is 5.91 Å². The van der Waals surface area contributed by atoms with Crippen molar-refractivity contribution in [3.63, 3.8) is 0 Å². The van der Waals surface area contributed by atoms with Crippen LogP contribution in [0, 0.1) is 12.7 Å². The van der Waals surface area contributed by atoms with Crippen LogP contribution in [0.3, 0.4) is 0 Å². The second-order valence-electron chi connectivity index (χ2n) is 7.07. The van der Waals surface area contributed by atoms with Crippen molar-refractivity contribution < 1.29 is 14.0 Å². The van der Waals surface area contributed by atoms with E-state index in [0.717, 1.165) is 5.56 Å². The molecule has 4 rings (SSSR count). The molecular weight excluding hydrogens is 458 g/mol. The maximum atomic E-state index is 14.1. The number of anilines is 2. The van der Waals surface area contributed by atoms with E-state index in [1.165, 1.54) is 23.9 Å². The largest absolute Gasteiger partial charge is 0.322 e. The molecule has 8 heteroatoms. The Hall–Kier alpha value is -2.54. The van der Waals surface area contributed by atoms with Gasteiger partial charge >= 0.3 is 0 Å². The number of amides is 2. The molecule has 158 valence electrons. The van der Waals surface area contributed by atoms with E-state index in [9.17, 15) is 14.0 Å². The summed E-state index contributed by atoms with van der Waals surface area (Å²) in [7, 11) is 0. The van der Waals surface area contributed by atoms with E-state index >= 15 is 0 Å². The van der Waals surface area contributed by atoms with Gasteiger partial charge in [-0.3, -0.25) is 14.5 Å². The Labute approximate surface area is 193 Å². The summed E-state index contributed by atoms with van der Waals surface area (Å²) >= 11 is 13.4. The zero-order chi connectivity index (χ0) is 22.1. The van der Waals surface area contributed by atoms with Crippen LogP contribution in [0.5, 0.6) is 0 Å². The van der Waals surface area contributed by atoms with Crippen LogP contribution in [0.15, 0.2) is 60.7 Å². The molecule has 1 unspecified atom stereocenters. The van der Waals surface area contributed by atoms with E-state index < -0.39 is 0 Å². The molecule has 0 aliphatic carbocycles. The standard InChI is InChI=1S/C23H17Cl2FN2O2S/c1-13-5-7-17(11-20(13)26)28-21(29)12-31-23(28)15-3-2-4-16(9-15)27-22(30)14-6-8-18(24)19(25)10-14/h2-11,23H,12H2,1H3,(H,27,30). The quantitative estimate of drug-likeness (QED) is 0.471. The number of thioether (sulfide) groups is 1. The zero-order valence-corrected chi connectivity index (χ0v) is 18.7. The Morgan fingerprint density at radius 1 is 1.10 bits per heavy atom. The molecular formula is C23H17Cl2FN2O2S. The van der Waals surface area contributed by atoms with Crippen molar-refractivity contribution in [2.75, 3.05) is 16.0 Å². The van der Waals surface area contributed by atoms with Gasteiger partial charge in [-0.2, -0.15) is 0 Å². The van der Waals surface area contributed by atoms with Gasteiger partial charge in [0.25, 0.3) is 5.91 Å². The third-order valence-corrected chi connectivity index (χ3v) is 6.86. The van der Waals surface area contributed by atoms with Crippen molar-refractivity contribution in [3.8, 4) is 0 Å². The van der Waals surface area contributed by atoms with Gasteiger partial charge in [0.1, 0.15) is 11.2 Å². The second-order valence-corrected chi connectivity index (χ2v) is 8.95. The first-order chi connectivity index (χ1) is 14.8. The van der Waals surface area contributed by atoms with Gasteiger partial charge in [-0.05, 0) is 60.5 Å². The van der Waals surface area contributed by atoms with E-state index in [1.807, 2.05) is 12.1 Å². The number of benzene rings is 3. The smallest absolute Gasteiger partial charge is 0.255 e. The molecule has 0 bridgehead atoms. The summed E-state index contributed by atoms with van der Waals surface area (Å²) < 4.78 is 14.1. The first-order valence-corrected chi connectivity index (χ1v) is 11.2. The number of aryl methyl sites for hydroxylation is 1. The molecule has 2 amide bonds. The van der Waals surface area contributed by atoms with Gasteiger partial charge < -0.3 is 5.32 Å². The highest BCUT2D eigenvalue weighted by Gasteiger charge is 2.34. The molecule has 1 heterocycles. The van der Waals surface area contributed by atoms with Crippen molar-refractivity contribution in [2.24, 2.45) is 0 Å². The summed E-state index contributed by atoms with van der Waals surface area (Å²) in [4.78, 5) is 26.7. The third kappa shape index (κ3) is 4.56. The summed E-state index contributed by atoms with van der Waals surface area (Å²) in [5.41, 5.74) is 2.80. The molecule has 0 aromatic heterocycles. The van der Waals surface area contributed by atoms with Crippen LogP contribution in [-0.2, 0) is 4.79 Å². The third-order valence-electron chi connectivity index (χ3n) is 4.91. The maximum absolute atomic E-state index is 14.1. The van der Waals surface area contributed by atoms with E-state index in [1.54, 1.807) is 48.2 Å². The lowest BCUT2D eigenvalue weighted by Gasteiger charge is -2.25. The summed E-state index contributed by atoms with van der Waals surface area (Å²) in [5, 5.41) is 3.18. The minimum Gasteiger partial charge on any atom is -0.322 e. The molecule has 3 aromatic carbocycles. The predicted molar refractivity (Wildman–Crippen MR) is 125 cm³/mol. The minimum absolute atomic E-state index is 0.0940. The minimum atomic E-state index is -0.358. The molecule has 0 saturated carbocycles. The number of carbonyl (C=O) groups excluding carboxylic acids is 2. The topological polar surface area (TPSA) is 49.4 Å². The summed E-state index contributed by atoms with van der Waals surface area (Å²) in [5.74, 6) is -0.490. The van der Waals surface area contributed by atoms with Crippen molar-refractivity contribution in [3.05, 3.63) is 93.2 Å². The lowest BCUT2D eigenvalue weighted by atomic mass is 10.1. The Morgan fingerprint density at radius 2 is 1.90 bits per heavy atom. The molecule has 3 aromatic rings. The van der Waals surface area contributed by atoms with Crippen molar-refractivity contribution >= 4 is 58.2 Å². The molecule has 1 aliphatic heterocycles. The molecule has 1 fully saturated rings. The number of carbonyl (C=O) groups is 2. The van der Waals surface area contributed by atoms with Crippen LogP contribution in [0.1, 0.15) is 26.9 Å². The Balaban J connectivity index is 1.59. The second kappa shape index (κ2) is 8.91. The van der Waals surface area contributed by atoms with Crippen LogP contribution in [-0.4, -0.2) is 17.6 Å². The predicted octanol–water partition coefficient (Wildman–Crippen LogP) is 6.47. The first-order valence-electron chi connectivity index (χ1n) is 9.39. The zero-order valence-electron chi connectivity index (χ0n) is 16.4. The van der Waals surface area contributed by atoms with Gasteiger partial charge in [-0.1, -0.05) is 41.4 Å². The fraction of sp³-hybridized carbons (Fsp3) is 0.130. The van der Waals surface area contributed by atoms with Gasteiger partial charge in [0.15, 0.2) is 0 Å². The molecule has 1 saturated heterocycles. The van der Waals surface area contributed by atoms with Crippen molar-refractivity contribution in [1.82, 2.24) is 0 Å². The van der Waals surface area contributed by atoms with Crippen LogP contribution < -0.4 is 10.2 Å². The van der Waals surface area contributed by atoms with Crippen molar-refractivity contribution in [1.29, 1.82) is 0 Å². The van der Waals surface area contributed by atoms with Gasteiger partial charge in [-0.25, -0.2) is 4.39 Å². The summed E-state index contributed by atoms with van der Waals surface area (Å²) in [6.07, 6.45) is 0. The molecule has 1 aliphatic rings. The number of hydrogen-bond acceptors (Lipinski definition) is 3. The first kappa shape index (κ1) is 21.7. The van der Waals surface area contributed by atoms with Gasteiger partial charge in [0.05, 0.1) is 15.8 Å². The maximum Gasteiger partial charge on any atom is 0.255 e. The Morgan fingerprint density at radius 3 is 2.65 bits per heavy atom. The fourth-order valence-electron chi connectivity index (χ4n) is 3.29. The molecule has 0 radical (unpaired) electrons. The molecule has 1 N–H and O–H groups in total. The highest BCUT2D eigenvalue weighted by molar-refractivity contribution is 8.00. The van der Waals surface area contributed by atoms with Gasteiger partial charge in [0, 0.05) is 16.9 Å². The van der Waals surface area contributed by atoms with Crippen LogP contribution in [0.25, 0.3) is 0 Å². The molecule has 4 nitrogen and oxygen atoms in total. The summed E-state index contributed by atoms with van der Waals surface area (Å²) in [6, 6.07) is 16.7. The SMILES string of the molecule is Cc1ccc(N2C(=O)CSC2c2cccc(NC(=O)c3ccc(Cl)c(Cl)c3)c2)cc1F. The molecule has 0 spiro atoms. The lowest BCUT2D eigenvalue weighted by Crippen LogP contribution is -2.28. The molecule has 31 heavy (non-hydrogen) atoms. The van der Waals surface area contributed by atoms with Crippen LogP contribution in [0.4, 0.5) is 15.8 Å². The van der Waals surface area contributed by atoms with Gasteiger partial charge in [-0.15, -0.1) is 11.8 Å². The fourth-order valence-corrected chi connectivity index (χ4v) is 4.76. The van der Waals surface area contributed by atoms with E-state index in [-0.39, 0.29) is 23.0 Å². The Bertz CT molecular complexity index is 1190.